The van der Waals surface area contributed by atoms with Crippen molar-refractivity contribution in [2.75, 3.05) is 19.6 Å². The third-order valence-corrected chi connectivity index (χ3v) is 4.23. The van der Waals surface area contributed by atoms with Crippen molar-refractivity contribution in [3.8, 4) is 0 Å². The van der Waals surface area contributed by atoms with Gasteiger partial charge in [-0.15, -0.1) is 0 Å². The van der Waals surface area contributed by atoms with Gasteiger partial charge in [0.25, 0.3) is 0 Å². The van der Waals surface area contributed by atoms with Gasteiger partial charge in [-0.25, -0.2) is 0 Å². The Kier molecular flexibility index (Phi) is 3.17. The van der Waals surface area contributed by atoms with Crippen molar-refractivity contribution in [3.05, 3.63) is 35.4 Å². The molecule has 1 heterocycles. The quantitative estimate of drug-likeness (QED) is 0.839. The van der Waals surface area contributed by atoms with Crippen LogP contribution in [0.15, 0.2) is 24.3 Å². The molecular formula is C15H22N2. The summed E-state index contributed by atoms with van der Waals surface area (Å²) in [7, 11) is 0. The van der Waals surface area contributed by atoms with Crippen LogP contribution >= 0.6 is 0 Å². The highest BCUT2D eigenvalue weighted by Gasteiger charge is 2.35. The van der Waals surface area contributed by atoms with Crippen LogP contribution in [0.3, 0.4) is 0 Å². The minimum absolute atomic E-state index is 0.570. The molecule has 1 aliphatic heterocycles. The summed E-state index contributed by atoms with van der Waals surface area (Å²) in [5.41, 5.74) is 3.10. The predicted molar refractivity (Wildman–Crippen MR) is 71.2 cm³/mol. The molecule has 0 saturated carbocycles. The average molecular weight is 230 g/mol. The van der Waals surface area contributed by atoms with E-state index in [1.165, 1.54) is 32.4 Å². The van der Waals surface area contributed by atoms with E-state index in [1.54, 1.807) is 11.1 Å². The fourth-order valence-corrected chi connectivity index (χ4v) is 3.48. The summed E-state index contributed by atoms with van der Waals surface area (Å²) in [5, 5.41) is 3.72. The van der Waals surface area contributed by atoms with E-state index >= 15 is 0 Å². The lowest BCUT2D eigenvalue weighted by Gasteiger charge is -2.45. The zero-order valence-electron chi connectivity index (χ0n) is 10.7. The van der Waals surface area contributed by atoms with Gasteiger partial charge in [0, 0.05) is 25.2 Å². The lowest BCUT2D eigenvalue weighted by molar-refractivity contribution is 0.105. The van der Waals surface area contributed by atoms with Crippen LogP contribution in [0.25, 0.3) is 0 Å². The molecule has 2 nitrogen and oxygen atoms in total. The van der Waals surface area contributed by atoms with Gasteiger partial charge in [-0.1, -0.05) is 31.2 Å². The number of hydrogen-bond donors (Lipinski definition) is 1. The largest absolute Gasteiger partial charge is 0.307 e. The van der Waals surface area contributed by atoms with Crippen LogP contribution < -0.4 is 5.32 Å². The Morgan fingerprint density at radius 1 is 1.35 bits per heavy atom. The molecule has 0 aromatic heterocycles. The number of benzene rings is 1. The topological polar surface area (TPSA) is 15.3 Å². The van der Waals surface area contributed by atoms with E-state index in [0.29, 0.717) is 6.04 Å². The smallest absolute Gasteiger partial charge is 0.0481 e. The van der Waals surface area contributed by atoms with E-state index in [1.807, 2.05) is 0 Å². The van der Waals surface area contributed by atoms with Crippen LogP contribution in [0.1, 0.15) is 36.9 Å². The summed E-state index contributed by atoms with van der Waals surface area (Å²) in [6.07, 6.45) is 3.83. The van der Waals surface area contributed by atoms with Crippen molar-refractivity contribution in [2.45, 2.75) is 38.3 Å². The molecule has 17 heavy (non-hydrogen) atoms. The first-order valence-corrected chi connectivity index (χ1v) is 6.95. The Bertz CT molecular complexity index is 386. The van der Waals surface area contributed by atoms with Crippen molar-refractivity contribution in [3.63, 3.8) is 0 Å². The summed E-state index contributed by atoms with van der Waals surface area (Å²) in [4.78, 5) is 2.69. The molecule has 1 aromatic rings. The molecule has 2 aliphatic rings. The highest BCUT2D eigenvalue weighted by molar-refractivity contribution is 5.34. The summed E-state index contributed by atoms with van der Waals surface area (Å²) in [6, 6.07) is 10.3. The number of nitrogens with one attached hydrogen (secondary N) is 1. The molecule has 92 valence electrons. The Morgan fingerprint density at radius 3 is 3.12 bits per heavy atom. The third-order valence-electron chi connectivity index (χ3n) is 4.23. The fraction of sp³-hybridized carbons (Fsp3) is 0.600. The standard InChI is InChI=1S/C15H22N2/c1-2-10-17-11-9-16-15-13-6-4-3-5-12(13)7-8-14(15)17/h3-6,14-16H,2,7-11H2,1H3/t14-,15-/m1/s1. The normalized spacial score (nSPS) is 28.5. The monoisotopic (exact) mass is 230 g/mol. The van der Waals surface area contributed by atoms with Crippen LogP contribution in [0.2, 0.25) is 0 Å². The molecule has 1 fully saturated rings. The molecule has 0 unspecified atom stereocenters. The zero-order chi connectivity index (χ0) is 11.7. The van der Waals surface area contributed by atoms with Gasteiger partial charge in [0.2, 0.25) is 0 Å². The van der Waals surface area contributed by atoms with Crippen molar-refractivity contribution < 1.29 is 0 Å². The second-order valence-corrected chi connectivity index (χ2v) is 5.27. The number of piperazine rings is 1. The summed E-state index contributed by atoms with van der Waals surface area (Å²) >= 11 is 0. The maximum Gasteiger partial charge on any atom is 0.0481 e. The molecular weight excluding hydrogens is 208 g/mol. The number of rotatable bonds is 2. The SMILES string of the molecule is CCCN1CCN[C@@H]2c3ccccc3CC[C@H]21. The first-order chi connectivity index (χ1) is 8.40. The molecule has 1 aromatic carbocycles. The number of aryl methyl sites for hydroxylation is 1. The summed E-state index contributed by atoms with van der Waals surface area (Å²) in [6.45, 7) is 5.89. The Labute approximate surface area is 104 Å². The molecule has 1 saturated heterocycles. The molecule has 0 spiro atoms. The average Bonchev–Trinajstić information content (AvgIpc) is 2.39. The van der Waals surface area contributed by atoms with E-state index in [0.717, 1.165) is 12.6 Å². The van der Waals surface area contributed by atoms with Crippen molar-refractivity contribution in [1.29, 1.82) is 0 Å². The first-order valence-electron chi connectivity index (χ1n) is 6.95. The van der Waals surface area contributed by atoms with Crippen LogP contribution in [0.4, 0.5) is 0 Å². The van der Waals surface area contributed by atoms with Gasteiger partial charge >= 0.3 is 0 Å². The van der Waals surface area contributed by atoms with E-state index in [2.05, 4.69) is 41.4 Å². The maximum atomic E-state index is 3.72. The van der Waals surface area contributed by atoms with E-state index < -0.39 is 0 Å². The number of fused-ring (bicyclic) bond motifs is 3. The van der Waals surface area contributed by atoms with Gasteiger partial charge in [0.15, 0.2) is 0 Å². The molecule has 1 aliphatic carbocycles. The summed E-state index contributed by atoms with van der Waals surface area (Å²) < 4.78 is 0. The Morgan fingerprint density at radius 2 is 2.24 bits per heavy atom. The fourth-order valence-electron chi connectivity index (χ4n) is 3.48. The van der Waals surface area contributed by atoms with Crippen LogP contribution in [-0.4, -0.2) is 30.6 Å². The Hall–Kier alpha value is -0.860. The lowest BCUT2D eigenvalue weighted by atomic mass is 9.82. The first kappa shape index (κ1) is 11.2. The minimum Gasteiger partial charge on any atom is -0.307 e. The van der Waals surface area contributed by atoms with E-state index in [9.17, 15) is 0 Å². The van der Waals surface area contributed by atoms with Crippen molar-refractivity contribution >= 4 is 0 Å². The number of nitrogens with zero attached hydrogens (tertiary/aromatic N) is 1. The van der Waals surface area contributed by atoms with E-state index in [-0.39, 0.29) is 0 Å². The minimum atomic E-state index is 0.570. The van der Waals surface area contributed by atoms with Gasteiger partial charge < -0.3 is 5.32 Å². The molecule has 3 rings (SSSR count). The predicted octanol–water partition coefficient (Wildman–Crippen LogP) is 2.36. The number of hydrogen-bond acceptors (Lipinski definition) is 2. The van der Waals surface area contributed by atoms with Gasteiger partial charge in [-0.05, 0) is 36.9 Å². The van der Waals surface area contributed by atoms with Crippen molar-refractivity contribution in [1.82, 2.24) is 10.2 Å². The van der Waals surface area contributed by atoms with Crippen LogP contribution in [-0.2, 0) is 6.42 Å². The molecule has 1 N–H and O–H groups in total. The molecule has 0 amide bonds. The van der Waals surface area contributed by atoms with Gasteiger partial charge in [0.05, 0.1) is 0 Å². The molecule has 0 bridgehead atoms. The molecule has 2 atom stereocenters. The zero-order valence-corrected chi connectivity index (χ0v) is 10.7. The molecule has 0 radical (unpaired) electrons. The second-order valence-electron chi connectivity index (χ2n) is 5.27. The highest BCUT2D eigenvalue weighted by atomic mass is 15.2. The van der Waals surface area contributed by atoms with E-state index in [4.69, 9.17) is 0 Å². The maximum absolute atomic E-state index is 3.72. The lowest BCUT2D eigenvalue weighted by Crippen LogP contribution is -2.54. The van der Waals surface area contributed by atoms with Gasteiger partial charge in [-0.3, -0.25) is 4.90 Å². The second kappa shape index (κ2) is 4.79. The van der Waals surface area contributed by atoms with Crippen LogP contribution in [0.5, 0.6) is 0 Å². The Balaban J connectivity index is 1.88. The van der Waals surface area contributed by atoms with Gasteiger partial charge in [0.1, 0.15) is 0 Å². The third kappa shape index (κ3) is 2.00. The van der Waals surface area contributed by atoms with Gasteiger partial charge in [-0.2, -0.15) is 0 Å². The summed E-state index contributed by atoms with van der Waals surface area (Å²) in [5.74, 6) is 0. The van der Waals surface area contributed by atoms with Crippen molar-refractivity contribution in [2.24, 2.45) is 0 Å². The highest BCUT2D eigenvalue weighted by Crippen LogP contribution is 2.34. The van der Waals surface area contributed by atoms with Crippen LogP contribution in [0, 0.1) is 0 Å². The molecule has 2 heteroatoms.